The maximum atomic E-state index is 12.8. The minimum absolute atomic E-state index is 0.222. The van der Waals surface area contributed by atoms with E-state index in [2.05, 4.69) is 5.32 Å². The van der Waals surface area contributed by atoms with Crippen molar-refractivity contribution in [2.75, 3.05) is 13.1 Å². The van der Waals surface area contributed by atoms with Gasteiger partial charge >= 0.3 is 0 Å². The van der Waals surface area contributed by atoms with Crippen molar-refractivity contribution in [1.82, 2.24) is 9.62 Å². The molecule has 0 radical (unpaired) electrons. The molecule has 0 aliphatic heterocycles. The first kappa shape index (κ1) is 21.1. The van der Waals surface area contributed by atoms with E-state index in [0.29, 0.717) is 25.2 Å². The predicted octanol–water partition coefficient (Wildman–Crippen LogP) is 3.74. The third kappa shape index (κ3) is 5.65. The summed E-state index contributed by atoms with van der Waals surface area (Å²) in [4.78, 5) is 12.6. The highest BCUT2D eigenvalue weighted by Gasteiger charge is 2.23. The third-order valence-corrected chi connectivity index (χ3v) is 6.15. The van der Waals surface area contributed by atoms with Crippen molar-refractivity contribution in [2.24, 2.45) is 0 Å². The Balaban J connectivity index is 2.08. The Morgan fingerprint density at radius 2 is 1.63 bits per heavy atom. The van der Waals surface area contributed by atoms with Gasteiger partial charge < -0.3 is 5.32 Å². The van der Waals surface area contributed by atoms with Crippen LogP contribution in [0.4, 0.5) is 0 Å². The predicted molar refractivity (Wildman–Crippen MR) is 108 cm³/mol. The SMILES string of the molecule is CCCN(CCC)S(=O)(=O)c1ccc(C(=O)NCc2cccc(C)c2)cc1. The van der Waals surface area contributed by atoms with E-state index in [9.17, 15) is 13.2 Å². The molecule has 2 aromatic carbocycles. The number of nitrogens with zero attached hydrogens (tertiary/aromatic N) is 1. The fourth-order valence-corrected chi connectivity index (χ4v) is 4.51. The van der Waals surface area contributed by atoms with Gasteiger partial charge in [-0.15, -0.1) is 0 Å². The van der Waals surface area contributed by atoms with E-state index < -0.39 is 10.0 Å². The van der Waals surface area contributed by atoms with Crippen molar-refractivity contribution in [3.8, 4) is 0 Å². The van der Waals surface area contributed by atoms with Gasteiger partial charge in [0.1, 0.15) is 0 Å². The molecule has 0 spiro atoms. The second-order valence-corrected chi connectivity index (χ2v) is 8.54. The Morgan fingerprint density at radius 1 is 1.00 bits per heavy atom. The van der Waals surface area contributed by atoms with Crippen LogP contribution in [-0.4, -0.2) is 31.7 Å². The van der Waals surface area contributed by atoms with Crippen LogP contribution in [0.15, 0.2) is 53.4 Å². The van der Waals surface area contributed by atoms with Gasteiger partial charge in [-0.25, -0.2) is 8.42 Å². The molecule has 0 aliphatic rings. The molecule has 6 heteroatoms. The lowest BCUT2D eigenvalue weighted by atomic mass is 10.1. The molecule has 0 heterocycles. The van der Waals surface area contributed by atoms with Gasteiger partial charge in [0.15, 0.2) is 0 Å². The Labute approximate surface area is 162 Å². The molecule has 1 N–H and O–H groups in total. The maximum Gasteiger partial charge on any atom is 0.251 e. The molecule has 5 nitrogen and oxygen atoms in total. The lowest BCUT2D eigenvalue weighted by Crippen LogP contribution is -2.32. The number of amides is 1. The number of hydrogen-bond donors (Lipinski definition) is 1. The number of benzene rings is 2. The van der Waals surface area contributed by atoms with Crippen LogP contribution >= 0.6 is 0 Å². The number of aryl methyl sites for hydroxylation is 1. The molecule has 0 saturated carbocycles. The van der Waals surface area contributed by atoms with Crippen molar-refractivity contribution in [2.45, 2.75) is 45.1 Å². The summed E-state index contributed by atoms with van der Waals surface area (Å²) in [6.45, 7) is 7.34. The number of hydrogen-bond acceptors (Lipinski definition) is 3. The Bertz CT molecular complexity index is 855. The molecule has 146 valence electrons. The molecular formula is C21H28N2O3S. The van der Waals surface area contributed by atoms with E-state index in [1.54, 1.807) is 12.1 Å². The van der Waals surface area contributed by atoms with Gasteiger partial charge in [-0.2, -0.15) is 4.31 Å². The monoisotopic (exact) mass is 388 g/mol. The summed E-state index contributed by atoms with van der Waals surface area (Å²) < 4.78 is 27.0. The van der Waals surface area contributed by atoms with Gasteiger partial charge in [0, 0.05) is 25.2 Å². The van der Waals surface area contributed by atoms with Crippen molar-refractivity contribution in [3.63, 3.8) is 0 Å². The fraction of sp³-hybridized carbons (Fsp3) is 0.381. The van der Waals surface area contributed by atoms with Crippen molar-refractivity contribution in [1.29, 1.82) is 0 Å². The van der Waals surface area contributed by atoms with Gasteiger partial charge in [0.2, 0.25) is 10.0 Å². The molecule has 1 amide bonds. The Hall–Kier alpha value is -2.18. The lowest BCUT2D eigenvalue weighted by molar-refractivity contribution is 0.0951. The van der Waals surface area contributed by atoms with Crippen LogP contribution in [0.25, 0.3) is 0 Å². The van der Waals surface area contributed by atoms with Crippen LogP contribution in [0, 0.1) is 6.92 Å². The van der Waals surface area contributed by atoms with E-state index in [0.717, 1.165) is 24.0 Å². The highest BCUT2D eigenvalue weighted by atomic mass is 32.2. The van der Waals surface area contributed by atoms with Crippen LogP contribution in [0.2, 0.25) is 0 Å². The molecule has 0 aromatic heterocycles. The zero-order valence-electron chi connectivity index (χ0n) is 16.2. The van der Waals surface area contributed by atoms with Gasteiger partial charge in [0.05, 0.1) is 4.90 Å². The zero-order valence-corrected chi connectivity index (χ0v) is 17.1. The third-order valence-electron chi connectivity index (χ3n) is 4.24. The molecule has 0 saturated heterocycles. The summed E-state index contributed by atoms with van der Waals surface area (Å²) in [7, 11) is -3.53. The van der Waals surface area contributed by atoms with Crippen molar-refractivity contribution in [3.05, 3.63) is 65.2 Å². The molecule has 0 fully saturated rings. The summed E-state index contributed by atoms with van der Waals surface area (Å²) in [6.07, 6.45) is 1.53. The first-order chi connectivity index (χ1) is 12.9. The molecular weight excluding hydrogens is 360 g/mol. The average molecular weight is 389 g/mol. The quantitative estimate of drug-likeness (QED) is 0.712. The minimum Gasteiger partial charge on any atom is -0.348 e. The Kier molecular flexibility index (Phi) is 7.56. The molecule has 0 bridgehead atoms. The maximum absolute atomic E-state index is 12.8. The largest absolute Gasteiger partial charge is 0.348 e. The number of carbonyl (C=O) groups excluding carboxylic acids is 1. The van der Waals surface area contributed by atoms with Crippen LogP contribution in [0.1, 0.15) is 48.2 Å². The normalized spacial score (nSPS) is 11.6. The van der Waals surface area contributed by atoms with Crippen LogP contribution < -0.4 is 5.32 Å². The van der Waals surface area contributed by atoms with Crippen LogP contribution in [-0.2, 0) is 16.6 Å². The Morgan fingerprint density at radius 3 is 2.19 bits per heavy atom. The molecule has 0 aliphatic carbocycles. The molecule has 0 atom stereocenters. The van der Waals surface area contributed by atoms with E-state index in [4.69, 9.17) is 0 Å². The van der Waals surface area contributed by atoms with E-state index in [-0.39, 0.29) is 10.8 Å². The first-order valence-electron chi connectivity index (χ1n) is 9.32. The van der Waals surface area contributed by atoms with Crippen LogP contribution in [0.3, 0.4) is 0 Å². The summed E-state index contributed by atoms with van der Waals surface area (Å²) in [6, 6.07) is 14.1. The average Bonchev–Trinajstić information content (AvgIpc) is 2.66. The van der Waals surface area contributed by atoms with Crippen molar-refractivity contribution < 1.29 is 13.2 Å². The topological polar surface area (TPSA) is 66.5 Å². The highest BCUT2D eigenvalue weighted by molar-refractivity contribution is 7.89. The van der Waals surface area contributed by atoms with Crippen molar-refractivity contribution >= 4 is 15.9 Å². The summed E-state index contributed by atoms with van der Waals surface area (Å²) in [5.41, 5.74) is 2.61. The second kappa shape index (κ2) is 9.67. The fourth-order valence-electron chi connectivity index (χ4n) is 2.88. The number of rotatable bonds is 9. The van der Waals surface area contributed by atoms with Gasteiger partial charge in [-0.3, -0.25) is 4.79 Å². The first-order valence-corrected chi connectivity index (χ1v) is 10.8. The number of nitrogens with one attached hydrogen (secondary N) is 1. The molecule has 27 heavy (non-hydrogen) atoms. The highest BCUT2D eigenvalue weighted by Crippen LogP contribution is 2.17. The number of carbonyl (C=O) groups is 1. The molecule has 0 unspecified atom stereocenters. The van der Waals surface area contributed by atoms with Gasteiger partial charge in [-0.1, -0.05) is 43.7 Å². The van der Waals surface area contributed by atoms with Gasteiger partial charge in [0.25, 0.3) is 5.91 Å². The molecule has 2 aromatic rings. The standard InChI is InChI=1S/C21H28N2O3S/c1-4-13-23(14-5-2)27(25,26)20-11-9-19(10-12-20)21(24)22-16-18-8-6-7-17(3)15-18/h6-12,15H,4-5,13-14,16H2,1-3H3,(H,22,24). The smallest absolute Gasteiger partial charge is 0.251 e. The number of sulfonamides is 1. The zero-order chi connectivity index (χ0) is 19.9. The van der Waals surface area contributed by atoms with Crippen LogP contribution in [0.5, 0.6) is 0 Å². The second-order valence-electron chi connectivity index (χ2n) is 6.60. The van der Waals surface area contributed by atoms with E-state index in [1.807, 2.05) is 45.0 Å². The summed E-state index contributed by atoms with van der Waals surface area (Å²) in [5.74, 6) is -0.223. The lowest BCUT2D eigenvalue weighted by Gasteiger charge is -2.21. The minimum atomic E-state index is -3.53. The van der Waals surface area contributed by atoms with E-state index >= 15 is 0 Å². The van der Waals surface area contributed by atoms with Gasteiger partial charge in [-0.05, 0) is 49.6 Å². The summed E-state index contributed by atoms with van der Waals surface area (Å²) >= 11 is 0. The van der Waals surface area contributed by atoms with E-state index in [1.165, 1.54) is 16.4 Å². The molecule has 2 rings (SSSR count). The summed E-state index contributed by atoms with van der Waals surface area (Å²) in [5, 5.41) is 2.87.